The van der Waals surface area contributed by atoms with Gasteiger partial charge in [-0.1, -0.05) is 18.7 Å². The van der Waals surface area contributed by atoms with Crippen LogP contribution in [0.3, 0.4) is 0 Å². The highest BCUT2D eigenvalue weighted by molar-refractivity contribution is 7.99. The van der Waals surface area contributed by atoms with Crippen LogP contribution in [-0.4, -0.2) is 45.0 Å². The third-order valence-electron chi connectivity index (χ3n) is 4.66. The molecule has 0 spiro atoms. The minimum Gasteiger partial charge on any atom is -0.459 e. The van der Waals surface area contributed by atoms with Crippen molar-refractivity contribution >= 4 is 35.1 Å². The number of thioether (sulfide) groups is 1. The van der Waals surface area contributed by atoms with Crippen molar-refractivity contribution in [2.45, 2.75) is 43.8 Å². The van der Waals surface area contributed by atoms with Gasteiger partial charge in [0, 0.05) is 12.6 Å². The molecule has 0 aliphatic carbocycles. The van der Waals surface area contributed by atoms with Gasteiger partial charge in [-0.2, -0.15) is 0 Å². The molecule has 28 heavy (non-hydrogen) atoms. The second-order valence-corrected chi connectivity index (χ2v) is 7.46. The number of hydrogen-bond donors (Lipinski definition) is 3. The van der Waals surface area contributed by atoms with Gasteiger partial charge in [0.05, 0.1) is 12.0 Å². The number of amides is 2. The molecule has 1 fully saturated rings. The van der Waals surface area contributed by atoms with E-state index in [0.29, 0.717) is 0 Å². The van der Waals surface area contributed by atoms with Crippen molar-refractivity contribution in [3.05, 3.63) is 34.5 Å². The van der Waals surface area contributed by atoms with Crippen molar-refractivity contribution in [1.29, 1.82) is 0 Å². The van der Waals surface area contributed by atoms with Gasteiger partial charge in [-0.05, 0) is 37.8 Å². The van der Waals surface area contributed by atoms with Gasteiger partial charge in [0.15, 0.2) is 22.4 Å². The lowest BCUT2D eigenvalue weighted by molar-refractivity contribution is -0.132. The first-order valence-corrected chi connectivity index (χ1v) is 10.1. The molecule has 0 radical (unpaired) electrons. The fraction of sp³-hybridized carbons (Fsp3) is 0.444. The van der Waals surface area contributed by atoms with E-state index >= 15 is 0 Å². The Kier molecular flexibility index (Phi) is 6.40. The van der Waals surface area contributed by atoms with Crippen LogP contribution >= 0.6 is 11.8 Å². The maximum atomic E-state index is 12.5. The number of aromatic nitrogens is 2. The first-order chi connectivity index (χ1) is 13.5. The molecule has 9 nitrogen and oxygen atoms in total. The van der Waals surface area contributed by atoms with Gasteiger partial charge in [-0.15, -0.1) is 0 Å². The molecule has 10 heteroatoms. The fourth-order valence-corrected chi connectivity index (χ4v) is 3.96. The molecule has 0 aromatic carbocycles. The van der Waals surface area contributed by atoms with Crippen molar-refractivity contribution in [3.63, 3.8) is 0 Å². The smallest absolute Gasteiger partial charge is 0.291 e. The van der Waals surface area contributed by atoms with Gasteiger partial charge < -0.3 is 20.4 Å². The Balaban J connectivity index is 1.64. The second kappa shape index (κ2) is 8.96. The molecule has 0 unspecified atom stereocenters. The largest absolute Gasteiger partial charge is 0.459 e. The van der Waals surface area contributed by atoms with E-state index in [1.807, 2.05) is 4.90 Å². The predicted octanol–water partition coefficient (Wildman–Crippen LogP) is 2.08. The van der Waals surface area contributed by atoms with Crippen LogP contribution in [-0.2, 0) is 4.79 Å². The molecule has 150 valence electrons. The zero-order chi connectivity index (χ0) is 20.1. The van der Waals surface area contributed by atoms with E-state index in [0.717, 1.165) is 44.0 Å². The Morgan fingerprint density at radius 2 is 2.29 bits per heavy atom. The molecule has 2 aromatic rings. The van der Waals surface area contributed by atoms with Crippen molar-refractivity contribution in [3.8, 4) is 0 Å². The second-order valence-electron chi connectivity index (χ2n) is 6.50. The standard InChI is InChI=1S/C18H23N5O4S/c1-2-11-6-3-4-8-23(11)13(24)10-28-18-21-15(19)14(17(26)22-18)20-16(25)12-7-5-9-27-12/h5,7,9,11H,2-4,6,8,10H2,1H3,(H,20,25)(H3,19,21,22,26)/t11-/m0/s1. The molecule has 0 bridgehead atoms. The average Bonchev–Trinajstić information content (AvgIpc) is 3.23. The molecule has 0 saturated carbocycles. The molecule has 1 atom stereocenters. The molecular formula is C18H23N5O4S. The number of carbonyl (C=O) groups is 2. The first kappa shape index (κ1) is 20.0. The van der Waals surface area contributed by atoms with E-state index in [2.05, 4.69) is 22.2 Å². The third kappa shape index (κ3) is 4.56. The average molecular weight is 405 g/mol. The topological polar surface area (TPSA) is 134 Å². The summed E-state index contributed by atoms with van der Waals surface area (Å²) in [5, 5.41) is 2.62. The Hall–Kier alpha value is -2.75. The van der Waals surface area contributed by atoms with E-state index in [1.165, 1.54) is 12.3 Å². The molecule has 3 heterocycles. The molecule has 1 saturated heterocycles. The maximum Gasteiger partial charge on any atom is 0.291 e. The Morgan fingerprint density at radius 1 is 1.46 bits per heavy atom. The minimum absolute atomic E-state index is 0.0213. The predicted molar refractivity (Wildman–Crippen MR) is 106 cm³/mol. The lowest BCUT2D eigenvalue weighted by Crippen LogP contribution is -2.44. The number of H-pyrrole nitrogens is 1. The van der Waals surface area contributed by atoms with Crippen molar-refractivity contribution in [2.75, 3.05) is 23.3 Å². The summed E-state index contributed by atoms with van der Waals surface area (Å²) in [6, 6.07) is 3.30. The summed E-state index contributed by atoms with van der Waals surface area (Å²) in [7, 11) is 0. The number of nitrogens with zero attached hydrogens (tertiary/aromatic N) is 2. The van der Waals surface area contributed by atoms with Crippen molar-refractivity contribution in [2.24, 2.45) is 0 Å². The Morgan fingerprint density at radius 3 is 2.96 bits per heavy atom. The number of hydrogen-bond acceptors (Lipinski definition) is 7. The number of furan rings is 1. The number of likely N-dealkylation sites (tertiary alicyclic amines) is 1. The van der Waals surface area contributed by atoms with Crippen LogP contribution in [0.2, 0.25) is 0 Å². The van der Waals surface area contributed by atoms with E-state index in [4.69, 9.17) is 10.2 Å². The van der Waals surface area contributed by atoms with Crippen LogP contribution in [0.5, 0.6) is 0 Å². The summed E-state index contributed by atoms with van der Waals surface area (Å²) in [6.45, 7) is 2.85. The maximum absolute atomic E-state index is 12.5. The number of anilines is 2. The van der Waals surface area contributed by atoms with Crippen molar-refractivity contribution < 1.29 is 14.0 Å². The van der Waals surface area contributed by atoms with Gasteiger partial charge in [0.1, 0.15) is 0 Å². The van der Waals surface area contributed by atoms with Crippen LogP contribution < -0.4 is 16.6 Å². The Bertz CT molecular complexity index is 896. The molecule has 1 aliphatic heterocycles. The highest BCUT2D eigenvalue weighted by Crippen LogP contribution is 2.22. The van der Waals surface area contributed by atoms with Gasteiger partial charge in [-0.25, -0.2) is 4.98 Å². The zero-order valence-electron chi connectivity index (χ0n) is 15.6. The monoisotopic (exact) mass is 405 g/mol. The molecule has 2 amide bonds. The van der Waals surface area contributed by atoms with Gasteiger partial charge in [0.2, 0.25) is 5.91 Å². The lowest BCUT2D eigenvalue weighted by Gasteiger charge is -2.35. The molecule has 2 aromatic heterocycles. The summed E-state index contributed by atoms with van der Waals surface area (Å²) in [6.07, 6.45) is 5.47. The van der Waals surface area contributed by atoms with Crippen LogP contribution in [0.25, 0.3) is 0 Å². The van der Waals surface area contributed by atoms with E-state index in [-0.39, 0.29) is 40.1 Å². The normalized spacial score (nSPS) is 16.8. The number of nitrogens with one attached hydrogen (secondary N) is 2. The van der Waals surface area contributed by atoms with Crippen LogP contribution in [0.15, 0.2) is 32.8 Å². The molecule has 1 aliphatic rings. The third-order valence-corrected chi connectivity index (χ3v) is 5.52. The van der Waals surface area contributed by atoms with Crippen LogP contribution in [0, 0.1) is 0 Å². The summed E-state index contributed by atoms with van der Waals surface area (Å²) in [4.78, 5) is 45.4. The molecule has 4 N–H and O–H groups in total. The quantitative estimate of drug-likeness (QED) is 0.495. The van der Waals surface area contributed by atoms with Crippen LogP contribution in [0.4, 0.5) is 11.5 Å². The SMILES string of the molecule is CC[C@H]1CCCCN1C(=O)CSc1nc(N)c(NC(=O)c2ccco2)c(=O)[nH]1. The summed E-state index contributed by atoms with van der Waals surface area (Å²) in [5.74, 6) is -0.488. The minimum atomic E-state index is -0.602. The van der Waals surface area contributed by atoms with Crippen LogP contribution in [0.1, 0.15) is 43.2 Å². The summed E-state index contributed by atoms with van der Waals surface area (Å²) >= 11 is 1.12. The lowest BCUT2D eigenvalue weighted by atomic mass is 10.0. The number of carbonyl (C=O) groups excluding carboxylic acids is 2. The first-order valence-electron chi connectivity index (χ1n) is 9.16. The van der Waals surface area contributed by atoms with Gasteiger partial charge in [-0.3, -0.25) is 19.4 Å². The van der Waals surface area contributed by atoms with E-state index < -0.39 is 11.5 Å². The van der Waals surface area contributed by atoms with E-state index in [9.17, 15) is 14.4 Å². The molecular weight excluding hydrogens is 382 g/mol. The number of aromatic amines is 1. The van der Waals surface area contributed by atoms with Gasteiger partial charge in [0.25, 0.3) is 11.5 Å². The number of nitrogen functional groups attached to an aromatic ring is 1. The summed E-state index contributed by atoms with van der Waals surface area (Å²) < 4.78 is 4.98. The van der Waals surface area contributed by atoms with E-state index in [1.54, 1.807) is 6.07 Å². The highest BCUT2D eigenvalue weighted by Gasteiger charge is 2.25. The fourth-order valence-electron chi connectivity index (χ4n) is 3.21. The van der Waals surface area contributed by atoms with Gasteiger partial charge >= 0.3 is 0 Å². The zero-order valence-corrected chi connectivity index (χ0v) is 16.4. The number of piperidine rings is 1. The number of nitrogens with two attached hydrogens (primary N) is 1. The molecule has 3 rings (SSSR count). The van der Waals surface area contributed by atoms with Crippen molar-refractivity contribution in [1.82, 2.24) is 14.9 Å². The highest BCUT2D eigenvalue weighted by atomic mass is 32.2. The Labute approximate surface area is 166 Å². The summed E-state index contributed by atoms with van der Waals surface area (Å²) in [5.41, 5.74) is 5.09. The number of rotatable bonds is 6.